The molecule has 0 aliphatic carbocycles. The van der Waals surface area contributed by atoms with Gasteiger partial charge in [0.2, 0.25) is 0 Å². The van der Waals surface area contributed by atoms with Crippen LogP contribution in [0.2, 0.25) is 0 Å². The maximum Gasteiger partial charge on any atom is 0.150 e. The second-order valence-corrected chi connectivity index (χ2v) is 6.51. The van der Waals surface area contributed by atoms with Gasteiger partial charge in [-0.3, -0.25) is 15.1 Å². The highest BCUT2D eigenvalue weighted by Gasteiger charge is 2.17. The van der Waals surface area contributed by atoms with Crippen LogP contribution in [0, 0.1) is 5.82 Å². The molecule has 0 saturated heterocycles. The molecule has 8 heteroatoms. The zero-order valence-electron chi connectivity index (χ0n) is 15.5. The Morgan fingerprint density at radius 1 is 1.25 bits per heavy atom. The third-order valence-corrected chi connectivity index (χ3v) is 4.64. The first-order chi connectivity index (χ1) is 13.5. The fourth-order valence-corrected chi connectivity index (χ4v) is 3.23. The number of halogens is 1. The normalized spacial score (nSPS) is 12.4. The number of nitrogens with one attached hydrogen (secondary N) is 2. The molecular weight excluding hydrogens is 361 g/mol. The monoisotopic (exact) mass is 381 g/mol. The van der Waals surface area contributed by atoms with Crippen molar-refractivity contribution < 1.29 is 14.2 Å². The number of hydrogen-bond donors (Lipinski definition) is 3. The number of aliphatic hydroxyl groups excluding tert-OH is 1. The second-order valence-electron chi connectivity index (χ2n) is 6.51. The van der Waals surface area contributed by atoms with E-state index in [9.17, 15) is 9.50 Å². The van der Waals surface area contributed by atoms with Gasteiger partial charge in [-0.05, 0) is 29.3 Å². The van der Waals surface area contributed by atoms with Crippen LogP contribution < -0.4 is 10.1 Å². The highest BCUT2D eigenvalue weighted by molar-refractivity contribution is 5.86. The first-order valence-corrected chi connectivity index (χ1v) is 8.76. The molecule has 2 aromatic heterocycles. The molecule has 0 aliphatic rings. The van der Waals surface area contributed by atoms with Crippen LogP contribution in [0.1, 0.15) is 17.5 Å². The standard InChI is InChI=1S/C20H20FN5O2/c1-26-18-7-13(14-10-23-24-11-14)3-4-17(18)19(25-26)20(27)22-9-12-5-15(21)8-16(6-12)28-2/h3-8,10-11,20,22,27H,9H2,1-2H3,(H,23,24). The molecule has 144 valence electrons. The van der Waals surface area contributed by atoms with Gasteiger partial charge in [0, 0.05) is 36.8 Å². The van der Waals surface area contributed by atoms with Gasteiger partial charge in [-0.15, -0.1) is 0 Å². The summed E-state index contributed by atoms with van der Waals surface area (Å²) in [5.41, 5.74) is 4.05. The van der Waals surface area contributed by atoms with Crippen molar-refractivity contribution in [3.8, 4) is 16.9 Å². The Hall–Kier alpha value is -3.23. The number of aliphatic hydroxyl groups is 1. The number of nitrogens with zero attached hydrogens (tertiary/aromatic N) is 3. The van der Waals surface area contributed by atoms with E-state index in [4.69, 9.17) is 4.74 Å². The van der Waals surface area contributed by atoms with Gasteiger partial charge in [0.05, 0.1) is 18.8 Å². The molecule has 1 unspecified atom stereocenters. The summed E-state index contributed by atoms with van der Waals surface area (Å²) in [7, 11) is 3.31. The summed E-state index contributed by atoms with van der Waals surface area (Å²) in [6.45, 7) is 0.264. The molecule has 0 amide bonds. The van der Waals surface area contributed by atoms with Crippen molar-refractivity contribution in [1.82, 2.24) is 25.3 Å². The Morgan fingerprint density at radius 3 is 2.86 bits per heavy atom. The molecule has 0 saturated carbocycles. The lowest BCUT2D eigenvalue weighted by atomic mass is 10.1. The highest BCUT2D eigenvalue weighted by atomic mass is 19.1. The molecule has 4 aromatic rings. The van der Waals surface area contributed by atoms with Crippen molar-refractivity contribution in [3.05, 3.63) is 65.9 Å². The van der Waals surface area contributed by atoms with E-state index < -0.39 is 6.23 Å². The number of rotatable bonds is 6. The average molecular weight is 381 g/mol. The Balaban J connectivity index is 1.57. The van der Waals surface area contributed by atoms with E-state index in [1.807, 2.05) is 31.4 Å². The average Bonchev–Trinajstić information content (AvgIpc) is 3.34. The van der Waals surface area contributed by atoms with E-state index >= 15 is 0 Å². The van der Waals surface area contributed by atoms with E-state index in [-0.39, 0.29) is 12.4 Å². The maximum absolute atomic E-state index is 13.6. The summed E-state index contributed by atoms with van der Waals surface area (Å²) in [6, 6.07) is 10.3. The lowest BCUT2D eigenvalue weighted by molar-refractivity contribution is 0.133. The summed E-state index contributed by atoms with van der Waals surface area (Å²) in [5, 5.41) is 25.7. The zero-order chi connectivity index (χ0) is 19.7. The van der Waals surface area contributed by atoms with Crippen LogP contribution in [-0.2, 0) is 13.6 Å². The number of hydrogen-bond acceptors (Lipinski definition) is 5. The molecule has 3 N–H and O–H groups in total. The number of H-pyrrole nitrogens is 1. The topological polar surface area (TPSA) is 88.0 Å². The largest absolute Gasteiger partial charge is 0.497 e. The van der Waals surface area contributed by atoms with Crippen molar-refractivity contribution in [2.75, 3.05) is 7.11 Å². The predicted octanol–water partition coefficient (Wildman–Crippen LogP) is 2.89. The van der Waals surface area contributed by atoms with Crippen LogP contribution in [0.15, 0.2) is 48.8 Å². The van der Waals surface area contributed by atoms with E-state index in [0.717, 1.165) is 22.0 Å². The summed E-state index contributed by atoms with van der Waals surface area (Å²) in [5.74, 6) is 0.0436. The van der Waals surface area contributed by atoms with Crippen LogP contribution >= 0.6 is 0 Å². The summed E-state index contributed by atoms with van der Waals surface area (Å²) in [4.78, 5) is 0. The molecule has 0 fully saturated rings. The van der Waals surface area contributed by atoms with Crippen LogP contribution in [-0.4, -0.2) is 32.2 Å². The number of fused-ring (bicyclic) bond motifs is 1. The number of aromatic nitrogens is 4. The molecule has 0 radical (unpaired) electrons. The van der Waals surface area contributed by atoms with Gasteiger partial charge in [0.1, 0.15) is 17.3 Å². The van der Waals surface area contributed by atoms with E-state index in [1.165, 1.54) is 19.2 Å². The fraction of sp³-hybridized carbons (Fsp3) is 0.200. The van der Waals surface area contributed by atoms with Crippen molar-refractivity contribution in [3.63, 3.8) is 0 Å². The lowest BCUT2D eigenvalue weighted by Crippen LogP contribution is -2.21. The number of methoxy groups -OCH3 is 1. The number of ether oxygens (including phenoxy) is 1. The number of benzene rings is 2. The molecule has 2 heterocycles. The Morgan fingerprint density at radius 2 is 2.11 bits per heavy atom. The van der Waals surface area contributed by atoms with Gasteiger partial charge in [-0.25, -0.2) is 4.39 Å². The van der Waals surface area contributed by atoms with Crippen LogP contribution in [0.3, 0.4) is 0 Å². The van der Waals surface area contributed by atoms with Crippen LogP contribution in [0.25, 0.3) is 22.0 Å². The molecule has 4 rings (SSSR count). The van der Waals surface area contributed by atoms with E-state index in [1.54, 1.807) is 16.9 Å². The molecule has 0 bridgehead atoms. The molecule has 7 nitrogen and oxygen atoms in total. The van der Waals surface area contributed by atoms with Crippen molar-refractivity contribution in [2.45, 2.75) is 12.8 Å². The minimum absolute atomic E-state index is 0.264. The summed E-state index contributed by atoms with van der Waals surface area (Å²) < 4.78 is 20.4. The van der Waals surface area contributed by atoms with Gasteiger partial charge in [-0.2, -0.15) is 10.2 Å². The summed E-state index contributed by atoms with van der Waals surface area (Å²) in [6.07, 6.45) is 2.57. The smallest absolute Gasteiger partial charge is 0.150 e. The fourth-order valence-electron chi connectivity index (χ4n) is 3.23. The SMILES string of the molecule is COc1cc(F)cc(CNC(O)c2nn(C)c3cc(-c4cn[nH]c4)ccc23)c1. The highest BCUT2D eigenvalue weighted by Crippen LogP contribution is 2.28. The molecule has 1 atom stereocenters. The van der Waals surface area contributed by atoms with Crippen LogP contribution in [0.4, 0.5) is 4.39 Å². The van der Waals surface area contributed by atoms with Gasteiger partial charge < -0.3 is 9.84 Å². The molecule has 28 heavy (non-hydrogen) atoms. The minimum atomic E-state index is -1.00. The zero-order valence-corrected chi connectivity index (χ0v) is 15.5. The lowest BCUT2D eigenvalue weighted by Gasteiger charge is -2.12. The Bertz CT molecular complexity index is 1110. The third-order valence-electron chi connectivity index (χ3n) is 4.64. The van der Waals surface area contributed by atoms with Crippen LogP contribution in [0.5, 0.6) is 5.75 Å². The van der Waals surface area contributed by atoms with Crippen molar-refractivity contribution in [2.24, 2.45) is 7.05 Å². The first kappa shape index (κ1) is 18.1. The predicted molar refractivity (Wildman–Crippen MR) is 103 cm³/mol. The van der Waals surface area contributed by atoms with Gasteiger partial charge in [-0.1, -0.05) is 12.1 Å². The molecule has 0 spiro atoms. The first-order valence-electron chi connectivity index (χ1n) is 8.76. The van der Waals surface area contributed by atoms with Gasteiger partial charge >= 0.3 is 0 Å². The number of aryl methyl sites for hydroxylation is 1. The van der Waals surface area contributed by atoms with E-state index in [0.29, 0.717) is 17.0 Å². The number of aromatic amines is 1. The summed E-state index contributed by atoms with van der Waals surface area (Å²) >= 11 is 0. The molecule has 2 aromatic carbocycles. The molecule has 0 aliphatic heterocycles. The van der Waals surface area contributed by atoms with Gasteiger partial charge in [0.25, 0.3) is 0 Å². The minimum Gasteiger partial charge on any atom is -0.497 e. The Kier molecular flexibility index (Phi) is 4.81. The molecular formula is C20H20FN5O2. The third kappa shape index (κ3) is 3.47. The van der Waals surface area contributed by atoms with Crippen molar-refractivity contribution in [1.29, 1.82) is 0 Å². The quantitative estimate of drug-likeness (QED) is 0.447. The van der Waals surface area contributed by atoms with Gasteiger partial charge in [0.15, 0.2) is 6.23 Å². The van der Waals surface area contributed by atoms with Crippen molar-refractivity contribution >= 4 is 10.9 Å². The second kappa shape index (κ2) is 7.41. The van der Waals surface area contributed by atoms with E-state index in [2.05, 4.69) is 20.6 Å². The Labute approximate surface area is 160 Å². The maximum atomic E-state index is 13.6.